The van der Waals surface area contributed by atoms with Gasteiger partial charge in [-0.3, -0.25) is 0 Å². The molecule has 0 heteroatoms. The molecule has 0 N–H and O–H groups in total. The molecule has 0 aliphatic heterocycles. The lowest BCUT2D eigenvalue weighted by molar-refractivity contribution is 0.571. The number of benzene rings is 1. The molecule has 0 aliphatic rings. The van der Waals surface area contributed by atoms with Gasteiger partial charge in [0.05, 0.1) is 0 Å². The Bertz CT molecular complexity index is 473. The quantitative estimate of drug-likeness (QED) is 0.517. The van der Waals surface area contributed by atoms with Gasteiger partial charge in [0.25, 0.3) is 0 Å². The first-order chi connectivity index (χ1) is 7.83. The number of rotatable bonds is 2. The summed E-state index contributed by atoms with van der Waals surface area (Å²) in [5.74, 6) is 6.61. The van der Waals surface area contributed by atoms with E-state index in [1.165, 1.54) is 16.7 Å². The van der Waals surface area contributed by atoms with Gasteiger partial charge in [0.15, 0.2) is 0 Å². The molecule has 90 valence electrons. The van der Waals surface area contributed by atoms with Crippen LogP contribution >= 0.6 is 0 Å². The van der Waals surface area contributed by atoms with Crippen molar-refractivity contribution in [3.05, 3.63) is 47.0 Å². The fourth-order valence-electron chi connectivity index (χ4n) is 1.57. The molecule has 1 rings (SSSR count). The molecule has 0 aliphatic carbocycles. The second-order valence-electron chi connectivity index (χ2n) is 5.59. The minimum atomic E-state index is 0.0459. The molecule has 0 heterocycles. The maximum Gasteiger partial charge on any atom is 0.0283 e. The molecule has 0 saturated heterocycles. The van der Waals surface area contributed by atoms with E-state index in [0.29, 0.717) is 0 Å². The van der Waals surface area contributed by atoms with Crippen LogP contribution in [-0.4, -0.2) is 0 Å². The zero-order chi connectivity index (χ0) is 13.1. The highest BCUT2D eigenvalue weighted by molar-refractivity contribution is 5.47. The third kappa shape index (κ3) is 4.11. The third-order valence-corrected chi connectivity index (χ3v) is 2.66. The molecule has 17 heavy (non-hydrogen) atoms. The highest BCUT2D eigenvalue weighted by Crippen LogP contribution is 2.18. The molecule has 1 aromatic rings. The maximum atomic E-state index is 3.81. The van der Waals surface area contributed by atoms with Crippen molar-refractivity contribution in [1.29, 1.82) is 0 Å². The van der Waals surface area contributed by atoms with Crippen LogP contribution in [0.4, 0.5) is 0 Å². The lowest BCUT2D eigenvalue weighted by Gasteiger charge is -2.10. The van der Waals surface area contributed by atoms with Gasteiger partial charge in [0, 0.05) is 11.0 Å². The summed E-state index contributed by atoms with van der Waals surface area (Å²) in [6.07, 6.45) is 2.82. The summed E-state index contributed by atoms with van der Waals surface area (Å²) < 4.78 is 0. The van der Waals surface area contributed by atoms with Gasteiger partial charge in [-0.2, -0.15) is 0 Å². The van der Waals surface area contributed by atoms with E-state index in [1.54, 1.807) is 0 Å². The SMILES string of the molecule is C=CCc1cc(C)c(C)cc1C#CC(C)(C)C. The Labute approximate surface area is 106 Å². The van der Waals surface area contributed by atoms with Crippen LogP contribution in [-0.2, 0) is 6.42 Å². The van der Waals surface area contributed by atoms with Gasteiger partial charge < -0.3 is 0 Å². The monoisotopic (exact) mass is 226 g/mol. The van der Waals surface area contributed by atoms with Gasteiger partial charge >= 0.3 is 0 Å². The first-order valence-electron chi connectivity index (χ1n) is 6.07. The van der Waals surface area contributed by atoms with E-state index in [2.05, 4.69) is 65.2 Å². The van der Waals surface area contributed by atoms with Gasteiger partial charge in [-0.15, -0.1) is 6.58 Å². The van der Waals surface area contributed by atoms with Crippen LogP contribution in [0, 0.1) is 31.1 Å². The second-order valence-corrected chi connectivity index (χ2v) is 5.59. The molecule has 0 nitrogen and oxygen atoms in total. The topological polar surface area (TPSA) is 0 Å². The Hall–Kier alpha value is -1.48. The summed E-state index contributed by atoms with van der Waals surface area (Å²) in [5, 5.41) is 0. The molecule has 0 spiro atoms. The normalized spacial score (nSPS) is 10.6. The van der Waals surface area contributed by atoms with Crippen molar-refractivity contribution in [3.8, 4) is 11.8 Å². The fraction of sp³-hybridized carbons (Fsp3) is 0.412. The molecular formula is C17H22. The van der Waals surface area contributed by atoms with Crippen LogP contribution in [0.3, 0.4) is 0 Å². The molecular weight excluding hydrogens is 204 g/mol. The molecule has 0 radical (unpaired) electrons. The van der Waals surface area contributed by atoms with E-state index in [4.69, 9.17) is 0 Å². The van der Waals surface area contributed by atoms with Crippen LogP contribution in [0.2, 0.25) is 0 Å². The van der Waals surface area contributed by atoms with Crippen LogP contribution < -0.4 is 0 Å². The summed E-state index contributed by atoms with van der Waals surface area (Å²) in [6, 6.07) is 4.41. The third-order valence-electron chi connectivity index (χ3n) is 2.66. The Morgan fingerprint density at radius 2 is 1.76 bits per heavy atom. The number of aryl methyl sites for hydroxylation is 2. The van der Waals surface area contributed by atoms with Gasteiger partial charge in [0.2, 0.25) is 0 Å². The highest BCUT2D eigenvalue weighted by atomic mass is 14.1. The van der Waals surface area contributed by atoms with Crippen molar-refractivity contribution in [2.75, 3.05) is 0 Å². The van der Waals surface area contributed by atoms with Crippen LogP contribution in [0.1, 0.15) is 43.0 Å². The summed E-state index contributed by atoms with van der Waals surface area (Å²) >= 11 is 0. The molecule has 0 bridgehead atoms. The van der Waals surface area contributed by atoms with Crippen molar-refractivity contribution in [1.82, 2.24) is 0 Å². The molecule has 0 saturated carbocycles. The largest absolute Gasteiger partial charge is 0.103 e. The summed E-state index contributed by atoms with van der Waals surface area (Å²) in [5.41, 5.74) is 5.09. The minimum absolute atomic E-state index is 0.0459. The predicted molar refractivity (Wildman–Crippen MR) is 76.2 cm³/mol. The van der Waals surface area contributed by atoms with Crippen LogP contribution in [0.15, 0.2) is 24.8 Å². The van der Waals surface area contributed by atoms with Crippen LogP contribution in [0.25, 0.3) is 0 Å². The van der Waals surface area contributed by atoms with E-state index >= 15 is 0 Å². The standard InChI is InChI=1S/C17H22/c1-7-8-15-11-13(2)14(3)12-16(15)9-10-17(4,5)6/h7,11-12H,1,8H2,2-6H3. The predicted octanol–water partition coefficient (Wildman–Crippen LogP) is 4.43. The van der Waals surface area contributed by atoms with E-state index in [9.17, 15) is 0 Å². The van der Waals surface area contributed by atoms with E-state index in [-0.39, 0.29) is 5.41 Å². The Kier molecular flexibility index (Phi) is 4.18. The molecule has 1 aromatic carbocycles. The van der Waals surface area contributed by atoms with Gasteiger partial charge in [-0.1, -0.05) is 24.0 Å². The summed E-state index contributed by atoms with van der Waals surface area (Å²) in [4.78, 5) is 0. The minimum Gasteiger partial charge on any atom is -0.103 e. The highest BCUT2D eigenvalue weighted by Gasteiger charge is 2.06. The van der Waals surface area contributed by atoms with Crippen molar-refractivity contribution >= 4 is 0 Å². The maximum absolute atomic E-state index is 3.81. The molecule has 0 amide bonds. The van der Waals surface area contributed by atoms with Crippen molar-refractivity contribution < 1.29 is 0 Å². The van der Waals surface area contributed by atoms with E-state index < -0.39 is 0 Å². The number of hydrogen-bond donors (Lipinski definition) is 0. The zero-order valence-corrected chi connectivity index (χ0v) is 11.6. The smallest absolute Gasteiger partial charge is 0.0283 e. The summed E-state index contributed by atoms with van der Waals surface area (Å²) in [7, 11) is 0. The fourth-order valence-corrected chi connectivity index (χ4v) is 1.57. The Balaban J connectivity index is 3.24. The van der Waals surface area contributed by atoms with Gasteiger partial charge in [-0.05, 0) is 63.8 Å². The van der Waals surface area contributed by atoms with Crippen molar-refractivity contribution in [2.24, 2.45) is 5.41 Å². The van der Waals surface area contributed by atoms with E-state index in [1.807, 2.05) is 6.08 Å². The Morgan fingerprint density at radius 1 is 1.18 bits per heavy atom. The lowest BCUT2D eigenvalue weighted by Crippen LogP contribution is -2.00. The second kappa shape index (κ2) is 5.23. The van der Waals surface area contributed by atoms with Gasteiger partial charge in [0.1, 0.15) is 0 Å². The lowest BCUT2D eigenvalue weighted by atomic mass is 9.94. The average molecular weight is 226 g/mol. The van der Waals surface area contributed by atoms with Crippen LogP contribution in [0.5, 0.6) is 0 Å². The number of allylic oxidation sites excluding steroid dienone is 1. The summed E-state index contributed by atoms with van der Waals surface area (Å²) in [6.45, 7) is 14.5. The molecule has 0 unspecified atom stereocenters. The average Bonchev–Trinajstić information content (AvgIpc) is 2.20. The van der Waals surface area contributed by atoms with Crippen molar-refractivity contribution in [3.63, 3.8) is 0 Å². The molecule has 0 aromatic heterocycles. The number of hydrogen-bond acceptors (Lipinski definition) is 0. The Morgan fingerprint density at radius 3 is 2.29 bits per heavy atom. The van der Waals surface area contributed by atoms with Gasteiger partial charge in [-0.25, -0.2) is 0 Å². The molecule has 0 atom stereocenters. The first kappa shape index (κ1) is 13.6. The molecule has 0 fully saturated rings. The van der Waals surface area contributed by atoms with E-state index in [0.717, 1.165) is 12.0 Å². The van der Waals surface area contributed by atoms with Crippen molar-refractivity contribution in [2.45, 2.75) is 41.0 Å². The zero-order valence-electron chi connectivity index (χ0n) is 11.6. The first-order valence-corrected chi connectivity index (χ1v) is 6.07.